The van der Waals surface area contributed by atoms with Gasteiger partial charge >= 0.3 is 0 Å². The Morgan fingerprint density at radius 2 is 2.17 bits per heavy atom. The third-order valence-electron chi connectivity index (χ3n) is 1.57. The largest absolute Gasteiger partial charge is 0.506 e. The van der Waals surface area contributed by atoms with Gasteiger partial charge in [-0.25, -0.2) is 4.39 Å². The molecule has 12 heavy (non-hydrogen) atoms. The van der Waals surface area contributed by atoms with Crippen LogP contribution < -0.4 is 5.73 Å². The van der Waals surface area contributed by atoms with E-state index >= 15 is 0 Å². The zero-order valence-corrected chi connectivity index (χ0v) is 8.10. The maximum Gasteiger partial charge on any atom is 0.137 e. The fourth-order valence-electron chi connectivity index (χ4n) is 0.990. The molecule has 66 valence electrons. The number of phenolic OH excluding ortho intramolecular Hbond substituents is 1. The highest BCUT2D eigenvalue weighted by Crippen LogP contribution is 2.32. The molecule has 3 N–H and O–H groups in total. The first-order valence-corrected chi connectivity index (χ1v) is 4.25. The number of aromatic hydroxyl groups is 1. The molecule has 0 spiro atoms. The Kier molecular flexibility index (Phi) is 2.69. The van der Waals surface area contributed by atoms with E-state index in [2.05, 4.69) is 15.9 Å². The number of benzene rings is 1. The third kappa shape index (κ3) is 1.59. The van der Waals surface area contributed by atoms with Crippen LogP contribution in [0.2, 0.25) is 0 Å². The molecule has 0 heterocycles. The van der Waals surface area contributed by atoms with Gasteiger partial charge in [-0.2, -0.15) is 0 Å². The van der Waals surface area contributed by atoms with Crippen LogP contribution in [0.4, 0.5) is 4.39 Å². The van der Waals surface area contributed by atoms with Crippen molar-refractivity contribution in [1.29, 1.82) is 0 Å². The van der Waals surface area contributed by atoms with E-state index in [4.69, 9.17) is 5.73 Å². The highest BCUT2D eigenvalue weighted by Gasteiger charge is 2.14. The predicted molar refractivity (Wildman–Crippen MR) is 48.4 cm³/mol. The molecule has 4 heteroatoms. The Morgan fingerprint density at radius 1 is 1.58 bits per heavy atom. The minimum atomic E-state index is -0.512. The second kappa shape index (κ2) is 3.41. The molecule has 0 saturated carbocycles. The van der Waals surface area contributed by atoms with Crippen molar-refractivity contribution in [2.24, 2.45) is 5.73 Å². The van der Waals surface area contributed by atoms with E-state index in [1.165, 1.54) is 12.1 Å². The highest BCUT2D eigenvalue weighted by atomic mass is 79.9. The molecule has 0 bridgehead atoms. The van der Waals surface area contributed by atoms with Gasteiger partial charge in [0.05, 0.1) is 4.47 Å². The topological polar surface area (TPSA) is 46.2 Å². The molecule has 0 aliphatic rings. The zero-order valence-electron chi connectivity index (χ0n) is 6.51. The van der Waals surface area contributed by atoms with Crippen LogP contribution in [0.5, 0.6) is 5.75 Å². The normalized spacial score (nSPS) is 13.0. The lowest BCUT2D eigenvalue weighted by molar-refractivity contribution is 0.449. The van der Waals surface area contributed by atoms with Gasteiger partial charge in [0, 0.05) is 11.6 Å². The van der Waals surface area contributed by atoms with Crippen molar-refractivity contribution >= 4 is 15.9 Å². The number of halogens is 2. The van der Waals surface area contributed by atoms with E-state index < -0.39 is 11.9 Å². The van der Waals surface area contributed by atoms with Gasteiger partial charge in [-0.15, -0.1) is 0 Å². The lowest BCUT2D eigenvalue weighted by Crippen LogP contribution is -2.07. The number of rotatable bonds is 1. The molecule has 0 radical (unpaired) electrons. The van der Waals surface area contributed by atoms with Crippen LogP contribution in [-0.2, 0) is 0 Å². The average Bonchev–Trinajstić information content (AvgIpc) is 1.97. The summed E-state index contributed by atoms with van der Waals surface area (Å²) in [5, 5.41) is 9.38. The second-order valence-corrected chi connectivity index (χ2v) is 3.43. The van der Waals surface area contributed by atoms with Crippen molar-refractivity contribution in [2.45, 2.75) is 13.0 Å². The van der Waals surface area contributed by atoms with Gasteiger partial charge in [0.1, 0.15) is 11.6 Å². The minimum absolute atomic E-state index is 0.120. The molecule has 1 aromatic carbocycles. The lowest BCUT2D eigenvalue weighted by Gasteiger charge is -2.10. The van der Waals surface area contributed by atoms with Crippen LogP contribution in [0, 0.1) is 5.82 Å². The molecule has 0 unspecified atom stereocenters. The van der Waals surface area contributed by atoms with Gasteiger partial charge in [0.2, 0.25) is 0 Å². The van der Waals surface area contributed by atoms with Crippen LogP contribution in [-0.4, -0.2) is 5.11 Å². The Bertz CT molecular complexity index is 301. The Hall–Kier alpha value is -0.610. The maximum absolute atomic E-state index is 13.0. The molecule has 1 aromatic rings. The van der Waals surface area contributed by atoms with Crippen LogP contribution in [0.25, 0.3) is 0 Å². The standard InChI is InChI=1S/C8H9BrFNO/c1-4(11)7-6(10)3-2-5(9)8(7)12/h2-4,12H,11H2,1H3/t4-/m1/s1. The first-order chi connectivity index (χ1) is 5.54. The van der Waals surface area contributed by atoms with Crippen LogP contribution >= 0.6 is 15.9 Å². The molecule has 0 amide bonds. The minimum Gasteiger partial charge on any atom is -0.506 e. The van der Waals surface area contributed by atoms with E-state index in [0.29, 0.717) is 4.47 Å². The Morgan fingerprint density at radius 3 is 2.58 bits per heavy atom. The lowest BCUT2D eigenvalue weighted by atomic mass is 10.1. The summed E-state index contributed by atoms with van der Waals surface area (Å²) in [6.07, 6.45) is 0. The fourth-order valence-corrected chi connectivity index (χ4v) is 1.34. The molecule has 0 saturated heterocycles. The molecule has 0 aromatic heterocycles. The number of nitrogens with two attached hydrogens (primary N) is 1. The Balaban J connectivity index is 3.33. The van der Waals surface area contributed by atoms with Crippen molar-refractivity contribution in [3.05, 3.63) is 28.0 Å². The summed E-state index contributed by atoms with van der Waals surface area (Å²) in [6, 6.07) is 2.20. The molecule has 2 nitrogen and oxygen atoms in total. The van der Waals surface area contributed by atoms with Crippen molar-refractivity contribution in [2.75, 3.05) is 0 Å². The first kappa shape index (κ1) is 9.48. The van der Waals surface area contributed by atoms with Crippen LogP contribution in [0.1, 0.15) is 18.5 Å². The van der Waals surface area contributed by atoms with E-state index in [0.717, 1.165) is 0 Å². The summed E-state index contributed by atoms with van der Waals surface area (Å²) in [7, 11) is 0. The molecule has 0 aliphatic carbocycles. The Labute approximate surface area is 78.3 Å². The molecule has 1 atom stereocenters. The van der Waals surface area contributed by atoms with Crippen LogP contribution in [0.3, 0.4) is 0 Å². The predicted octanol–water partition coefficient (Wildman–Crippen LogP) is 2.31. The van der Waals surface area contributed by atoms with Gasteiger partial charge in [0.15, 0.2) is 0 Å². The maximum atomic E-state index is 13.0. The smallest absolute Gasteiger partial charge is 0.137 e. The number of hydrogen-bond acceptors (Lipinski definition) is 2. The third-order valence-corrected chi connectivity index (χ3v) is 2.21. The van der Waals surface area contributed by atoms with E-state index in [9.17, 15) is 9.50 Å². The van der Waals surface area contributed by atoms with E-state index in [1.54, 1.807) is 6.92 Å². The van der Waals surface area contributed by atoms with Gasteiger partial charge in [0.25, 0.3) is 0 Å². The van der Waals surface area contributed by atoms with E-state index in [1.807, 2.05) is 0 Å². The van der Waals surface area contributed by atoms with Crippen LogP contribution in [0.15, 0.2) is 16.6 Å². The first-order valence-electron chi connectivity index (χ1n) is 3.46. The van der Waals surface area contributed by atoms with Gasteiger partial charge in [-0.3, -0.25) is 0 Å². The van der Waals surface area contributed by atoms with Crippen molar-refractivity contribution in [1.82, 2.24) is 0 Å². The number of hydrogen-bond donors (Lipinski definition) is 2. The van der Waals surface area contributed by atoms with Gasteiger partial charge < -0.3 is 10.8 Å². The monoisotopic (exact) mass is 233 g/mol. The molecular formula is C8H9BrFNO. The summed E-state index contributed by atoms with van der Waals surface area (Å²) >= 11 is 3.08. The summed E-state index contributed by atoms with van der Waals surface area (Å²) in [5.74, 6) is -0.601. The van der Waals surface area contributed by atoms with Gasteiger partial charge in [-0.1, -0.05) is 0 Å². The quantitative estimate of drug-likeness (QED) is 0.783. The zero-order chi connectivity index (χ0) is 9.30. The summed E-state index contributed by atoms with van der Waals surface area (Å²) in [4.78, 5) is 0. The molecule has 0 fully saturated rings. The summed E-state index contributed by atoms with van der Waals surface area (Å²) in [6.45, 7) is 1.62. The van der Waals surface area contributed by atoms with Crippen molar-refractivity contribution < 1.29 is 9.50 Å². The van der Waals surface area contributed by atoms with Gasteiger partial charge in [-0.05, 0) is 35.0 Å². The highest BCUT2D eigenvalue weighted by molar-refractivity contribution is 9.10. The van der Waals surface area contributed by atoms with Crippen molar-refractivity contribution in [3.63, 3.8) is 0 Å². The second-order valence-electron chi connectivity index (χ2n) is 2.58. The number of phenols is 1. The molecular weight excluding hydrogens is 225 g/mol. The summed E-state index contributed by atoms with van der Waals surface area (Å²) in [5.41, 5.74) is 5.61. The average molecular weight is 234 g/mol. The molecule has 1 rings (SSSR count). The van der Waals surface area contributed by atoms with E-state index in [-0.39, 0.29) is 11.3 Å². The fraction of sp³-hybridized carbons (Fsp3) is 0.250. The summed E-state index contributed by atoms with van der Waals surface area (Å²) < 4.78 is 13.5. The molecule has 0 aliphatic heterocycles. The van der Waals surface area contributed by atoms with Crippen molar-refractivity contribution in [3.8, 4) is 5.75 Å². The SMILES string of the molecule is C[C@@H](N)c1c(F)ccc(Br)c1O.